The van der Waals surface area contributed by atoms with Crippen molar-refractivity contribution >= 4 is 29.4 Å². The maximum atomic E-state index is 13.7. The number of nitrogens with zero attached hydrogens (tertiary/aromatic N) is 3. The van der Waals surface area contributed by atoms with Gasteiger partial charge in [0.15, 0.2) is 0 Å². The molecule has 2 amide bonds. The van der Waals surface area contributed by atoms with Gasteiger partial charge in [-0.05, 0) is 29.7 Å². The summed E-state index contributed by atoms with van der Waals surface area (Å²) in [6.45, 7) is 8.23. The van der Waals surface area contributed by atoms with Gasteiger partial charge in [-0.25, -0.2) is 4.98 Å². The molecule has 2 heterocycles. The zero-order chi connectivity index (χ0) is 23.6. The number of aliphatic imine (C=N–C) groups is 1. The average molecular weight is 465 g/mol. The number of aromatic nitrogens is 1. The lowest BCUT2D eigenvalue weighted by atomic mass is 10.1. The minimum Gasteiger partial charge on any atom is -0.497 e. The van der Waals surface area contributed by atoms with Crippen molar-refractivity contribution in [2.45, 2.75) is 25.3 Å². The Morgan fingerprint density at radius 1 is 1.33 bits per heavy atom. The Hall–Kier alpha value is -3.52. The van der Waals surface area contributed by atoms with Crippen LogP contribution in [0.15, 0.2) is 76.7 Å². The highest BCUT2D eigenvalue weighted by molar-refractivity contribution is 7.07. The summed E-state index contributed by atoms with van der Waals surface area (Å²) in [5.41, 5.74) is 4.81. The van der Waals surface area contributed by atoms with Gasteiger partial charge in [0.1, 0.15) is 11.8 Å². The molecule has 8 heteroatoms. The maximum absolute atomic E-state index is 13.7. The van der Waals surface area contributed by atoms with E-state index in [-0.39, 0.29) is 11.5 Å². The third-order valence-electron chi connectivity index (χ3n) is 5.29. The highest BCUT2D eigenvalue weighted by Crippen LogP contribution is 2.16. The van der Waals surface area contributed by atoms with E-state index in [1.807, 2.05) is 35.9 Å². The molecule has 0 fully saturated rings. The molecular formula is C25H28N4O3S. The number of ether oxygens (including phenoxy) is 1. The summed E-state index contributed by atoms with van der Waals surface area (Å²) in [4.78, 5) is 36.4. The van der Waals surface area contributed by atoms with Crippen LogP contribution in [0.4, 0.5) is 0 Å². The molecule has 1 aliphatic rings. The Bertz CT molecular complexity index is 1040. The molecule has 3 rings (SSSR count). The first-order chi connectivity index (χ1) is 16.0. The summed E-state index contributed by atoms with van der Waals surface area (Å²) in [5, 5.41) is 4.70. The third-order valence-corrected chi connectivity index (χ3v) is 5.92. The average Bonchev–Trinajstić information content (AvgIpc) is 3.55. The molecule has 1 atom stereocenters. The van der Waals surface area contributed by atoms with Crippen LogP contribution in [-0.4, -0.2) is 54.2 Å². The number of nitrogens with one attached hydrogen (secondary N) is 1. The predicted octanol–water partition coefficient (Wildman–Crippen LogP) is 3.35. The van der Waals surface area contributed by atoms with E-state index in [2.05, 4.69) is 28.5 Å². The number of hydrogen-bond donors (Lipinski definition) is 1. The molecule has 0 saturated heterocycles. The van der Waals surface area contributed by atoms with E-state index in [0.29, 0.717) is 32.4 Å². The quantitative estimate of drug-likeness (QED) is 0.386. The monoisotopic (exact) mass is 464 g/mol. The number of carbonyl (C=O) groups is 2. The van der Waals surface area contributed by atoms with Gasteiger partial charge in [0, 0.05) is 49.3 Å². The molecule has 2 aromatic rings. The lowest BCUT2D eigenvalue weighted by molar-refractivity contribution is -0.135. The lowest BCUT2D eigenvalue weighted by Gasteiger charge is -2.28. The molecular weight excluding hydrogens is 436 g/mol. The molecule has 0 spiro atoms. The number of amides is 2. The van der Waals surface area contributed by atoms with Crippen molar-refractivity contribution in [1.29, 1.82) is 0 Å². The highest BCUT2D eigenvalue weighted by atomic mass is 32.1. The van der Waals surface area contributed by atoms with Crippen LogP contribution in [0.1, 0.15) is 17.7 Å². The molecule has 172 valence electrons. The highest BCUT2D eigenvalue weighted by Gasteiger charge is 2.28. The Morgan fingerprint density at radius 2 is 2.12 bits per heavy atom. The van der Waals surface area contributed by atoms with Crippen molar-refractivity contribution in [2.24, 2.45) is 4.99 Å². The molecule has 0 aliphatic carbocycles. The summed E-state index contributed by atoms with van der Waals surface area (Å²) in [6, 6.07) is 7.02. The van der Waals surface area contributed by atoms with E-state index >= 15 is 0 Å². The van der Waals surface area contributed by atoms with Gasteiger partial charge < -0.3 is 15.0 Å². The fourth-order valence-corrected chi connectivity index (χ4v) is 3.94. The molecule has 7 nitrogen and oxygen atoms in total. The van der Waals surface area contributed by atoms with Crippen LogP contribution < -0.4 is 10.1 Å². The van der Waals surface area contributed by atoms with Gasteiger partial charge in [-0.1, -0.05) is 31.4 Å². The number of hydrogen-bond acceptors (Lipinski definition) is 6. The second-order valence-electron chi connectivity index (χ2n) is 7.62. The molecule has 0 bridgehead atoms. The predicted molar refractivity (Wildman–Crippen MR) is 132 cm³/mol. The first kappa shape index (κ1) is 24.1. The van der Waals surface area contributed by atoms with Crippen molar-refractivity contribution < 1.29 is 14.3 Å². The number of methoxy groups -OCH3 is 1. The van der Waals surface area contributed by atoms with Crippen LogP contribution in [0.5, 0.6) is 5.75 Å². The molecule has 1 aromatic heterocycles. The van der Waals surface area contributed by atoms with Crippen LogP contribution in [-0.2, 0) is 22.4 Å². The van der Waals surface area contributed by atoms with Crippen molar-refractivity contribution in [1.82, 2.24) is 15.2 Å². The van der Waals surface area contributed by atoms with Crippen LogP contribution in [0.25, 0.3) is 0 Å². The normalized spacial score (nSPS) is 13.2. The summed E-state index contributed by atoms with van der Waals surface area (Å²) in [6.07, 6.45) is 6.67. The maximum Gasteiger partial charge on any atom is 0.251 e. The van der Waals surface area contributed by atoms with Gasteiger partial charge in [-0.2, -0.15) is 0 Å². The largest absolute Gasteiger partial charge is 0.497 e. The van der Waals surface area contributed by atoms with E-state index < -0.39 is 11.9 Å². The molecule has 1 N–H and O–H groups in total. The Labute approximate surface area is 198 Å². The van der Waals surface area contributed by atoms with Crippen molar-refractivity contribution in [3.05, 3.63) is 83.0 Å². The lowest BCUT2D eigenvalue weighted by Crippen LogP contribution is -2.51. The molecule has 0 radical (unpaired) electrons. The molecule has 1 unspecified atom stereocenters. The minimum absolute atomic E-state index is 0.172. The number of thiazole rings is 1. The fourth-order valence-electron chi connectivity index (χ4n) is 3.37. The van der Waals surface area contributed by atoms with E-state index in [1.165, 1.54) is 17.4 Å². The Kier molecular flexibility index (Phi) is 8.71. The first-order valence-corrected chi connectivity index (χ1v) is 11.5. The molecule has 0 saturated carbocycles. The molecule has 33 heavy (non-hydrogen) atoms. The Morgan fingerprint density at radius 3 is 2.73 bits per heavy atom. The smallest absolute Gasteiger partial charge is 0.251 e. The van der Waals surface area contributed by atoms with Crippen molar-refractivity contribution in [3.63, 3.8) is 0 Å². The topological polar surface area (TPSA) is 83.9 Å². The van der Waals surface area contributed by atoms with Gasteiger partial charge in [0.05, 0.1) is 18.3 Å². The van der Waals surface area contributed by atoms with Crippen LogP contribution in [0, 0.1) is 0 Å². The van der Waals surface area contributed by atoms with E-state index in [9.17, 15) is 9.59 Å². The van der Waals surface area contributed by atoms with Crippen LogP contribution in [0.2, 0.25) is 0 Å². The summed E-state index contributed by atoms with van der Waals surface area (Å²) >= 11 is 1.45. The first-order valence-electron chi connectivity index (χ1n) is 10.6. The fraction of sp³-hybridized carbons (Fsp3) is 0.280. The summed E-state index contributed by atoms with van der Waals surface area (Å²) < 4.78 is 5.22. The molecule has 1 aromatic carbocycles. The van der Waals surface area contributed by atoms with Crippen molar-refractivity contribution in [2.75, 3.05) is 20.2 Å². The molecule has 1 aliphatic heterocycles. The van der Waals surface area contributed by atoms with E-state index in [0.717, 1.165) is 22.6 Å². The Balaban J connectivity index is 1.78. The number of rotatable bonds is 12. The van der Waals surface area contributed by atoms with Gasteiger partial charge in [-0.3, -0.25) is 14.6 Å². The van der Waals surface area contributed by atoms with Gasteiger partial charge in [-0.15, -0.1) is 11.3 Å². The SMILES string of the molecule is C=CC(=C)C(=O)NC(Cc1cscn1)C(=O)N(CCc1ccc(OC)cc1)CC1=CN=CC1. The third kappa shape index (κ3) is 6.98. The zero-order valence-corrected chi connectivity index (χ0v) is 19.5. The summed E-state index contributed by atoms with van der Waals surface area (Å²) in [5.74, 6) is 0.194. The second-order valence-corrected chi connectivity index (χ2v) is 8.34. The minimum atomic E-state index is -0.768. The zero-order valence-electron chi connectivity index (χ0n) is 18.7. The van der Waals surface area contributed by atoms with Crippen LogP contribution in [0.3, 0.4) is 0 Å². The van der Waals surface area contributed by atoms with E-state index in [4.69, 9.17) is 4.74 Å². The van der Waals surface area contributed by atoms with Crippen LogP contribution >= 0.6 is 11.3 Å². The van der Waals surface area contributed by atoms with Gasteiger partial charge in [0.2, 0.25) is 5.91 Å². The van der Waals surface area contributed by atoms with E-state index in [1.54, 1.807) is 23.7 Å². The van der Waals surface area contributed by atoms with Gasteiger partial charge >= 0.3 is 0 Å². The number of benzene rings is 1. The summed E-state index contributed by atoms with van der Waals surface area (Å²) in [7, 11) is 1.63. The standard InChI is InChI=1S/C25H28N4O3S/c1-4-18(2)24(30)28-23(13-21-16-33-17-27-21)25(31)29(15-20-9-11-26-14-20)12-10-19-5-7-22(32-3)8-6-19/h4-8,11,14,16-17,23H,1-2,9-10,12-13,15H2,3H3,(H,28,30). The van der Waals surface area contributed by atoms with Gasteiger partial charge in [0.25, 0.3) is 5.91 Å². The number of carbonyl (C=O) groups excluding carboxylic acids is 2. The second kappa shape index (κ2) is 11.9. The van der Waals surface area contributed by atoms with Crippen molar-refractivity contribution in [3.8, 4) is 5.75 Å².